The number of nitrogens with one attached hydrogen (secondary N) is 1. The molecule has 0 saturated heterocycles. The fourth-order valence-electron chi connectivity index (χ4n) is 2.65. The monoisotopic (exact) mass is 286 g/mol. The summed E-state index contributed by atoms with van der Waals surface area (Å²) in [6, 6.07) is 0. The summed E-state index contributed by atoms with van der Waals surface area (Å²) in [6.45, 7) is 13.4. The Hall–Kier alpha value is -0.640. The lowest BCUT2D eigenvalue weighted by atomic mass is 9.80. The average molecular weight is 286 g/mol. The van der Waals surface area contributed by atoms with Crippen LogP contribution in [-0.2, 0) is 4.79 Å². The van der Waals surface area contributed by atoms with Gasteiger partial charge in [0.05, 0.1) is 10.4 Å². The van der Waals surface area contributed by atoms with Gasteiger partial charge in [0.2, 0.25) is 5.91 Å². The molecule has 0 rings (SSSR count). The van der Waals surface area contributed by atoms with Crippen molar-refractivity contribution in [3.8, 4) is 0 Å². The Morgan fingerprint density at radius 2 is 1.58 bits per heavy atom. The molecule has 0 heterocycles. The Labute approximate surface area is 123 Å². The quantitative estimate of drug-likeness (QED) is 0.674. The molecule has 19 heavy (non-hydrogen) atoms. The predicted octanol–water partition coefficient (Wildman–Crippen LogP) is 3.12. The minimum Gasteiger partial charge on any atom is -0.392 e. The number of nitrogens with two attached hydrogens (primary N) is 1. The maximum absolute atomic E-state index is 12.4. The van der Waals surface area contributed by atoms with Gasteiger partial charge in [0, 0.05) is 6.54 Å². The molecule has 0 aliphatic heterocycles. The molecule has 0 atom stereocenters. The highest BCUT2D eigenvalue weighted by molar-refractivity contribution is 7.80. The van der Waals surface area contributed by atoms with Crippen LogP contribution >= 0.6 is 12.2 Å². The summed E-state index contributed by atoms with van der Waals surface area (Å²) in [5, 5.41) is 3.06. The molecular weight excluding hydrogens is 256 g/mol. The van der Waals surface area contributed by atoms with Crippen molar-refractivity contribution in [2.75, 3.05) is 6.54 Å². The van der Waals surface area contributed by atoms with Crippen molar-refractivity contribution in [2.24, 2.45) is 28.9 Å². The lowest BCUT2D eigenvalue weighted by Gasteiger charge is -2.31. The van der Waals surface area contributed by atoms with E-state index in [9.17, 15) is 4.79 Å². The summed E-state index contributed by atoms with van der Waals surface area (Å²) in [5.74, 6) is 1.54. The van der Waals surface area contributed by atoms with E-state index in [4.69, 9.17) is 18.0 Å². The molecule has 0 aromatic heterocycles. The number of carbonyl (C=O) groups excluding carboxylic acids is 1. The van der Waals surface area contributed by atoms with Gasteiger partial charge in [-0.15, -0.1) is 0 Å². The number of rotatable bonds is 8. The fourth-order valence-corrected chi connectivity index (χ4v) is 3.03. The molecule has 1 amide bonds. The third kappa shape index (κ3) is 4.44. The van der Waals surface area contributed by atoms with Crippen molar-refractivity contribution in [1.82, 2.24) is 5.32 Å². The highest BCUT2D eigenvalue weighted by Gasteiger charge is 2.38. The SMILES string of the molecule is CCC(CC)(C(=O)NCC(C(C)C)C(C)C)C(N)=S. The summed E-state index contributed by atoms with van der Waals surface area (Å²) < 4.78 is 0. The molecule has 112 valence electrons. The minimum atomic E-state index is -0.687. The molecule has 3 nitrogen and oxygen atoms in total. The second kappa shape index (κ2) is 7.83. The number of thiocarbonyl (C=S) groups is 1. The molecule has 0 aliphatic rings. The van der Waals surface area contributed by atoms with Crippen molar-refractivity contribution in [3.63, 3.8) is 0 Å². The zero-order chi connectivity index (χ0) is 15.2. The average Bonchev–Trinajstić information content (AvgIpc) is 2.30. The molecule has 0 bridgehead atoms. The van der Waals surface area contributed by atoms with Gasteiger partial charge in [0.25, 0.3) is 0 Å². The maximum atomic E-state index is 12.4. The van der Waals surface area contributed by atoms with Crippen LogP contribution in [0.25, 0.3) is 0 Å². The second-order valence-corrected chi connectivity index (χ2v) is 6.46. The summed E-state index contributed by atoms with van der Waals surface area (Å²) in [5.41, 5.74) is 5.10. The van der Waals surface area contributed by atoms with Crippen molar-refractivity contribution in [1.29, 1.82) is 0 Å². The van der Waals surface area contributed by atoms with Crippen LogP contribution < -0.4 is 11.1 Å². The molecule has 0 saturated carbocycles. The van der Waals surface area contributed by atoms with Gasteiger partial charge in [-0.3, -0.25) is 4.79 Å². The standard InChI is InChI=1S/C15H30N2OS/c1-7-15(8-2,13(16)19)14(18)17-9-12(10(3)4)11(5)6/h10-12H,7-9H2,1-6H3,(H2,16,19)(H,17,18). The first-order valence-electron chi connectivity index (χ1n) is 7.31. The first-order chi connectivity index (χ1) is 8.72. The number of amides is 1. The van der Waals surface area contributed by atoms with Gasteiger partial charge >= 0.3 is 0 Å². The summed E-state index contributed by atoms with van der Waals surface area (Å²) in [4.78, 5) is 12.7. The van der Waals surface area contributed by atoms with Crippen molar-refractivity contribution in [3.05, 3.63) is 0 Å². The molecule has 0 spiro atoms. The van der Waals surface area contributed by atoms with E-state index in [0.717, 1.165) is 0 Å². The van der Waals surface area contributed by atoms with Crippen LogP contribution in [0.4, 0.5) is 0 Å². The van der Waals surface area contributed by atoms with Crippen molar-refractivity contribution >= 4 is 23.1 Å². The Kier molecular flexibility index (Phi) is 7.57. The zero-order valence-corrected chi connectivity index (χ0v) is 14.1. The van der Waals surface area contributed by atoms with Crippen LogP contribution in [0.2, 0.25) is 0 Å². The van der Waals surface area contributed by atoms with E-state index in [1.54, 1.807) is 0 Å². The smallest absolute Gasteiger partial charge is 0.233 e. The lowest BCUT2D eigenvalue weighted by molar-refractivity contribution is -0.128. The van der Waals surface area contributed by atoms with Gasteiger partial charge in [-0.25, -0.2) is 0 Å². The van der Waals surface area contributed by atoms with Crippen molar-refractivity contribution < 1.29 is 4.79 Å². The fraction of sp³-hybridized carbons (Fsp3) is 0.867. The number of hydrogen-bond acceptors (Lipinski definition) is 2. The Balaban J connectivity index is 4.80. The molecule has 0 fully saturated rings. The first kappa shape index (κ1) is 18.4. The third-order valence-corrected chi connectivity index (χ3v) is 4.72. The number of hydrogen-bond donors (Lipinski definition) is 2. The van der Waals surface area contributed by atoms with Crippen LogP contribution in [-0.4, -0.2) is 17.4 Å². The normalized spacial score (nSPS) is 12.3. The van der Waals surface area contributed by atoms with E-state index in [0.29, 0.717) is 42.1 Å². The minimum absolute atomic E-state index is 0.0173. The third-order valence-electron chi connectivity index (χ3n) is 4.32. The van der Waals surface area contributed by atoms with Crippen LogP contribution in [0.5, 0.6) is 0 Å². The second-order valence-electron chi connectivity index (χ2n) is 6.02. The maximum Gasteiger partial charge on any atom is 0.233 e. The molecule has 0 radical (unpaired) electrons. The molecule has 3 N–H and O–H groups in total. The van der Waals surface area contributed by atoms with Gasteiger partial charge < -0.3 is 11.1 Å². The Morgan fingerprint density at radius 1 is 1.16 bits per heavy atom. The van der Waals surface area contributed by atoms with E-state index < -0.39 is 5.41 Å². The van der Waals surface area contributed by atoms with E-state index in [1.165, 1.54) is 0 Å². The summed E-state index contributed by atoms with van der Waals surface area (Å²) in [6.07, 6.45) is 1.30. The first-order valence-corrected chi connectivity index (χ1v) is 7.71. The number of carbonyl (C=O) groups is 1. The molecule has 0 unspecified atom stereocenters. The molecule has 0 aromatic rings. The molecule has 0 aromatic carbocycles. The van der Waals surface area contributed by atoms with Crippen LogP contribution in [0.1, 0.15) is 54.4 Å². The van der Waals surface area contributed by atoms with Crippen LogP contribution in [0.15, 0.2) is 0 Å². The van der Waals surface area contributed by atoms with Gasteiger partial charge in [-0.1, -0.05) is 53.8 Å². The summed E-state index contributed by atoms with van der Waals surface area (Å²) in [7, 11) is 0. The largest absolute Gasteiger partial charge is 0.392 e. The molecular formula is C15H30N2OS. The van der Waals surface area contributed by atoms with E-state index >= 15 is 0 Å². The highest BCUT2D eigenvalue weighted by atomic mass is 32.1. The zero-order valence-electron chi connectivity index (χ0n) is 13.2. The van der Waals surface area contributed by atoms with Crippen LogP contribution in [0, 0.1) is 23.2 Å². The van der Waals surface area contributed by atoms with Crippen molar-refractivity contribution in [2.45, 2.75) is 54.4 Å². The summed E-state index contributed by atoms with van der Waals surface area (Å²) >= 11 is 5.10. The predicted molar refractivity (Wildman–Crippen MR) is 86.0 cm³/mol. The van der Waals surface area contributed by atoms with Gasteiger partial charge in [0.15, 0.2) is 0 Å². The lowest BCUT2D eigenvalue weighted by Crippen LogP contribution is -2.49. The molecule has 4 heteroatoms. The Bertz CT molecular complexity index is 301. The van der Waals surface area contributed by atoms with E-state index in [2.05, 4.69) is 33.0 Å². The topological polar surface area (TPSA) is 55.1 Å². The molecule has 0 aliphatic carbocycles. The van der Waals surface area contributed by atoms with Gasteiger partial charge in [-0.05, 0) is 30.6 Å². The van der Waals surface area contributed by atoms with Gasteiger partial charge in [0.1, 0.15) is 0 Å². The van der Waals surface area contributed by atoms with E-state index in [1.807, 2.05) is 13.8 Å². The highest BCUT2D eigenvalue weighted by Crippen LogP contribution is 2.28. The van der Waals surface area contributed by atoms with E-state index in [-0.39, 0.29) is 5.91 Å². The van der Waals surface area contributed by atoms with Crippen LogP contribution in [0.3, 0.4) is 0 Å². The Morgan fingerprint density at radius 3 is 1.84 bits per heavy atom. The van der Waals surface area contributed by atoms with Gasteiger partial charge in [-0.2, -0.15) is 0 Å².